The van der Waals surface area contributed by atoms with Crippen LogP contribution in [0, 0.1) is 5.92 Å². The molecule has 0 radical (unpaired) electrons. The predicted molar refractivity (Wildman–Crippen MR) is 53.6 cm³/mol. The summed E-state index contributed by atoms with van der Waals surface area (Å²) in [7, 11) is 0. The minimum Gasteiger partial charge on any atom is -0.347 e. The Morgan fingerprint density at radius 2 is 1.93 bits per heavy atom. The second kappa shape index (κ2) is 4.98. The van der Waals surface area contributed by atoms with Gasteiger partial charge in [0.05, 0.1) is 0 Å². The lowest BCUT2D eigenvalue weighted by molar-refractivity contribution is -0.134. The first kappa shape index (κ1) is 11.0. The predicted octanol–water partition coefficient (Wildman–Crippen LogP) is 0.379. The van der Waals surface area contributed by atoms with Crippen molar-refractivity contribution in [3.63, 3.8) is 0 Å². The highest BCUT2D eigenvalue weighted by molar-refractivity contribution is 5.84. The van der Waals surface area contributed by atoms with Crippen molar-refractivity contribution < 1.29 is 9.59 Å². The van der Waals surface area contributed by atoms with E-state index in [9.17, 15) is 9.59 Å². The highest BCUT2D eigenvalue weighted by atomic mass is 16.2. The van der Waals surface area contributed by atoms with Gasteiger partial charge in [-0.2, -0.15) is 0 Å². The first-order chi connectivity index (χ1) is 6.66. The van der Waals surface area contributed by atoms with Gasteiger partial charge in [0, 0.05) is 13.1 Å². The molecule has 80 valence electrons. The maximum Gasteiger partial charge on any atom is 0.245 e. The minimum absolute atomic E-state index is 0.0598. The Morgan fingerprint density at radius 3 is 2.36 bits per heavy atom. The molecular weight excluding hydrogens is 180 g/mol. The van der Waals surface area contributed by atoms with Crippen molar-refractivity contribution in [1.82, 2.24) is 10.2 Å². The van der Waals surface area contributed by atoms with E-state index in [-0.39, 0.29) is 17.9 Å². The average Bonchev–Trinajstić information content (AvgIpc) is 2.65. The largest absolute Gasteiger partial charge is 0.347 e. The van der Waals surface area contributed by atoms with Crippen molar-refractivity contribution >= 4 is 12.3 Å². The first-order valence-corrected chi connectivity index (χ1v) is 5.15. The number of carbonyl (C=O) groups excluding carboxylic acids is 2. The number of rotatable bonds is 4. The van der Waals surface area contributed by atoms with Gasteiger partial charge in [0.2, 0.25) is 12.3 Å². The molecule has 0 bridgehead atoms. The Bertz CT molecular complexity index is 210. The van der Waals surface area contributed by atoms with E-state index in [1.165, 1.54) is 0 Å². The number of nitrogens with one attached hydrogen (secondary N) is 1. The topological polar surface area (TPSA) is 49.4 Å². The van der Waals surface area contributed by atoms with Crippen LogP contribution < -0.4 is 5.32 Å². The van der Waals surface area contributed by atoms with E-state index in [1.807, 2.05) is 18.7 Å². The highest BCUT2D eigenvalue weighted by Gasteiger charge is 2.27. The van der Waals surface area contributed by atoms with Crippen molar-refractivity contribution in [2.45, 2.75) is 32.7 Å². The molecule has 0 saturated carbocycles. The lowest BCUT2D eigenvalue weighted by atomic mass is 10.0. The number of hydrogen-bond acceptors (Lipinski definition) is 2. The Balaban J connectivity index is 2.57. The van der Waals surface area contributed by atoms with Crippen LogP contribution in [0.5, 0.6) is 0 Å². The van der Waals surface area contributed by atoms with E-state index >= 15 is 0 Å². The van der Waals surface area contributed by atoms with Gasteiger partial charge in [-0.1, -0.05) is 13.8 Å². The summed E-state index contributed by atoms with van der Waals surface area (Å²) in [5.74, 6) is 0.206. The van der Waals surface area contributed by atoms with Gasteiger partial charge in [0.15, 0.2) is 0 Å². The Labute approximate surface area is 84.7 Å². The molecule has 1 saturated heterocycles. The lowest BCUT2D eigenvalue weighted by Gasteiger charge is -2.25. The molecular formula is C10H18N2O2. The minimum atomic E-state index is -0.356. The SMILES string of the molecule is CC(C)[C@H](NC=O)C(=O)N1CCCC1. The fourth-order valence-electron chi connectivity index (χ4n) is 1.76. The average molecular weight is 198 g/mol. The number of likely N-dealkylation sites (tertiary alicyclic amines) is 1. The van der Waals surface area contributed by atoms with Crippen molar-refractivity contribution in [2.75, 3.05) is 13.1 Å². The number of amides is 2. The van der Waals surface area contributed by atoms with Crippen LogP contribution in [0.1, 0.15) is 26.7 Å². The fraction of sp³-hybridized carbons (Fsp3) is 0.800. The smallest absolute Gasteiger partial charge is 0.245 e. The van der Waals surface area contributed by atoms with Crippen LogP contribution >= 0.6 is 0 Å². The van der Waals surface area contributed by atoms with Gasteiger partial charge in [0.25, 0.3) is 0 Å². The molecule has 1 atom stereocenters. The summed E-state index contributed by atoms with van der Waals surface area (Å²) in [6.45, 7) is 5.55. The van der Waals surface area contributed by atoms with Crippen molar-refractivity contribution in [2.24, 2.45) is 5.92 Å². The fourth-order valence-corrected chi connectivity index (χ4v) is 1.76. The third-order valence-electron chi connectivity index (χ3n) is 2.60. The Hall–Kier alpha value is -1.06. The molecule has 14 heavy (non-hydrogen) atoms. The van der Waals surface area contributed by atoms with Crippen molar-refractivity contribution in [3.05, 3.63) is 0 Å². The molecule has 0 spiro atoms. The summed E-state index contributed by atoms with van der Waals surface area (Å²) in [6.07, 6.45) is 2.77. The lowest BCUT2D eigenvalue weighted by Crippen LogP contribution is -2.47. The van der Waals surface area contributed by atoms with E-state index in [4.69, 9.17) is 0 Å². The molecule has 1 rings (SSSR count). The molecule has 1 N–H and O–H groups in total. The Kier molecular flexibility index (Phi) is 3.92. The van der Waals surface area contributed by atoms with Crippen molar-refractivity contribution in [1.29, 1.82) is 0 Å². The summed E-state index contributed by atoms with van der Waals surface area (Å²) < 4.78 is 0. The van der Waals surface area contributed by atoms with Crippen molar-refractivity contribution in [3.8, 4) is 0 Å². The van der Waals surface area contributed by atoms with E-state index in [0.717, 1.165) is 25.9 Å². The molecule has 0 aromatic heterocycles. The zero-order valence-corrected chi connectivity index (χ0v) is 8.82. The molecule has 1 aliphatic heterocycles. The molecule has 0 aromatic rings. The maximum absolute atomic E-state index is 11.9. The van der Waals surface area contributed by atoms with Gasteiger partial charge < -0.3 is 10.2 Å². The summed E-state index contributed by atoms with van der Waals surface area (Å²) in [5.41, 5.74) is 0. The molecule has 1 fully saturated rings. The molecule has 2 amide bonds. The quantitative estimate of drug-likeness (QED) is 0.664. The van der Waals surface area contributed by atoms with Gasteiger partial charge in [-0.15, -0.1) is 0 Å². The molecule has 1 heterocycles. The van der Waals surface area contributed by atoms with E-state index < -0.39 is 0 Å². The molecule has 1 aliphatic rings. The molecule has 4 heteroatoms. The maximum atomic E-state index is 11.9. The van der Waals surface area contributed by atoms with Crippen LogP contribution in [0.4, 0.5) is 0 Å². The molecule has 0 unspecified atom stereocenters. The van der Waals surface area contributed by atoms with Crippen LogP contribution in [-0.2, 0) is 9.59 Å². The molecule has 4 nitrogen and oxygen atoms in total. The second-order valence-electron chi connectivity index (χ2n) is 4.04. The van der Waals surface area contributed by atoms with Crippen LogP contribution in [0.15, 0.2) is 0 Å². The van der Waals surface area contributed by atoms with Crippen LogP contribution in [0.3, 0.4) is 0 Å². The third kappa shape index (κ3) is 2.47. The summed E-state index contributed by atoms with van der Waals surface area (Å²) in [6, 6.07) is -0.356. The van der Waals surface area contributed by atoms with Gasteiger partial charge in [-0.3, -0.25) is 9.59 Å². The summed E-state index contributed by atoms with van der Waals surface area (Å²) >= 11 is 0. The third-order valence-corrected chi connectivity index (χ3v) is 2.60. The number of carbonyl (C=O) groups is 2. The second-order valence-corrected chi connectivity index (χ2v) is 4.04. The molecule has 0 aliphatic carbocycles. The first-order valence-electron chi connectivity index (χ1n) is 5.15. The number of hydrogen-bond donors (Lipinski definition) is 1. The monoisotopic (exact) mass is 198 g/mol. The van der Waals surface area contributed by atoms with E-state index in [1.54, 1.807) is 0 Å². The Morgan fingerprint density at radius 1 is 1.36 bits per heavy atom. The zero-order chi connectivity index (χ0) is 10.6. The van der Waals surface area contributed by atoms with E-state index in [0.29, 0.717) is 6.41 Å². The van der Waals surface area contributed by atoms with Gasteiger partial charge in [-0.25, -0.2) is 0 Å². The van der Waals surface area contributed by atoms with E-state index in [2.05, 4.69) is 5.32 Å². The normalized spacial score (nSPS) is 18.4. The standard InChI is InChI=1S/C10H18N2O2/c1-8(2)9(11-7-13)10(14)12-5-3-4-6-12/h7-9H,3-6H2,1-2H3,(H,11,13)/t9-/m0/s1. The van der Waals surface area contributed by atoms with Gasteiger partial charge in [0.1, 0.15) is 6.04 Å². The zero-order valence-electron chi connectivity index (χ0n) is 8.82. The van der Waals surface area contributed by atoms with Crippen LogP contribution in [0.25, 0.3) is 0 Å². The van der Waals surface area contributed by atoms with Gasteiger partial charge >= 0.3 is 0 Å². The van der Waals surface area contributed by atoms with Crippen LogP contribution in [-0.4, -0.2) is 36.3 Å². The highest BCUT2D eigenvalue weighted by Crippen LogP contribution is 2.12. The van der Waals surface area contributed by atoms with Gasteiger partial charge in [-0.05, 0) is 18.8 Å². The summed E-state index contributed by atoms with van der Waals surface area (Å²) in [5, 5.41) is 2.59. The summed E-state index contributed by atoms with van der Waals surface area (Å²) in [4.78, 5) is 24.1. The number of nitrogens with zero attached hydrogens (tertiary/aromatic N) is 1. The van der Waals surface area contributed by atoms with Crippen LogP contribution in [0.2, 0.25) is 0 Å². The molecule has 0 aromatic carbocycles.